The van der Waals surface area contributed by atoms with E-state index in [9.17, 15) is 4.79 Å². The number of H-pyrrole nitrogens is 2. The molecule has 0 radical (unpaired) electrons. The molecule has 2 aromatic rings. The number of hydrogen-bond donors (Lipinski definition) is 2. The van der Waals surface area contributed by atoms with E-state index in [1.807, 2.05) is 0 Å². The molecule has 16 heavy (non-hydrogen) atoms. The number of rotatable bonds is 1. The van der Waals surface area contributed by atoms with E-state index in [1.54, 1.807) is 6.07 Å². The molecule has 0 fully saturated rings. The first-order valence-corrected chi connectivity index (χ1v) is 5.47. The molecule has 5 nitrogen and oxygen atoms in total. The smallest absolute Gasteiger partial charge is 0.264 e. The molecule has 2 N–H and O–H groups in total. The van der Waals surface area contributed by atoms with Crippen molar-refractivity contribution in [3.05, 3.63) is 33.9 Å². The minimum atomic E-state index is -0.194. The zero-order valence-corrected chi connectivity index (χ0v) is 8.79. The Bertz CT molecular complexity index is 526. The van der Waals surface area contributed by atoms with Crippen LogP contribution in [0.25, 0.3) is 11.5 Å². The highest BCUT2D eigenvalue weighted by Crippen LogP contribution is 2.22. The van der Waals surface area contributed by atoms with Gasteiger partial charge in [0.1, 0.15) is 5.69 Å². The van der Waals surface area contributed by atoms with E-state index in [1.165, 1.54) is 24.6 Å². The molecule has 0 saturated heterocycles. The fraction of sp³-hybridized carbons (Fsp3) is 0.364. The maximum Gasteiger partial charge on any atom is 0.264 e. The molecule has 0 unspecified atom stereocenters. The van der Waals surface area contributed by atoms with Gasteiger partial charge in [0.25, 0.3) is 5.56 Å². The van der Waals surface area contributed by atoms with Crippen LogP contribution in [-0.4, -0.2) is 20.2 Å². The Morgan fingerprint density at radius 3 is 2.81 bits per heavy atom. The molecule has 2 aromatic heterocycles. The standard InChI is InChI=1S/C11H12N4O/c16-10-6-5-9(14-15-10)11-12-7-3-1-2-4-8(7)13-11/h5-6H,1-4H2,(H,12,13)(H,15,16). The Hall–Kier alpha value is -1.91. The van der Waals surface area contributed by atoms with Crippen LogP contribution in [0.15, 0.2) is 16.9 Å². The van der Waals surface area contributed by atoms with Crippen LogP contribution in [0.4, 0.5) is 0 Å². The lowest BCUT2D eigenvalue weighted by atomic mass is 10.0. The number of aromatic amines is 2. The summed E-state index contributed by atoms with van der Waals surface area (Å²) in [5.74, 6) is 0.753. The van der Waals surface area contributed by atoms with Gasteiger partial charge in [-0.15, -0.1) is 0 Å². The van der Waals surface area contributed by atoms with E-state index in [0.717, 1.165) is 24.4 Å². The summed E-state index contributed by atoms with van der Waals surface area (Å²) in [4.78, 5) is 18.7. The molecule has 0 amide bonds. The van der Waals surface area contributed by atoms with Crippen LogP contribution in [0.1, 0.15) is 24.2 Å². The second-order valence-corrected chi connectivity index (χ2v) is 4.02. The molecule has 5 heteroatoms. The molecule has 0 aromatic carbocycles. The molecule has 82 valence electrons. The van der Waals surface area contributed by atoms with E-state index in [2.05, 4.69) is 20.2 Å². The summed E-state index contributed by atoms with van der Waals surface area (Å²) < 4.78 is 0. The summed E-state index contributed by atoms with van der Waals surface area (Å²) in [6.45, 7) is 0. The van der Waals surface area contributed by atoms with E-state index in [0.29, 0.717) is 5.69 Å². The lowest BCUT2D eigenvalue weighted by Gasteiger charge is -2.07. The Morgan fingerprint density at radius 1 is 1.19 bits per heavy atom. The molecule has 0 aliphatic heterocycles. The van der Waals surface area contributed by atoms with Crippen molar-refractivity contribution in [2.45, 2.75) is 25.7 Å². The van der Waals surface area contributed by atoms with Gasteiger partial charge in [-0.05, 0) is 31.7 Å². The van der Waals surface area contributed by atoms with Gasteiger partial charge >= 0.3 is 0 Å². The van der Waals surface area contributed by atoms with E-state index in [4.69, 9.17) is 0 Å². The third kappa shape index (κ3) is 1.54. The molecule has 0 atom stereocenters. The van der Waals surface area contributed by atoms with Crippen LogP contribution in [0.5, 0.6) is 0 Å². The highest BCUT2D eigenvalue weighted by Gasteiger charge is 2.15. The molecule has 0 spiro atoms. The highest BCUT2D eigenvalue weighted by atomic mass is 16.1. The molecule has 2 heterocycles. The zero-order valence-electron chi connectivity index (χ0n) is 8.79. The van der Waals surface area contributed by atoms with Crippen LogP contribution >= 0.6 is 0 Å². The van der Waals surface area contributed by atoms with Crippen molar-refractivity contribution in [3.63, 3.8) is 0 Å². The van der Waals surface area contributed by atoms with Gasteiger partial charge in [-0.1, -0.05) is 0 Å². The third-order valence-electron chi connectivity index (χ3n) is 2.88. The van der Waals surface area contributed by atoms with Crippen LogP contribution in [-0.2, 0) is 12.8 Å². The number of imidazole rings is 1. The molecule has 1 aliphatic rings. The SMILES string of the molecule is O=c1ccc(-c2nc3c([nH]2)CCCC3)n[nH]1. The predicted molar refractivity (Wildman–Crippen MR) is 59.1 cm³/mol. The van der Waals surface area contributed by atoms with Gasteiger partial charge in [0, 0.05) is 11.8 Å². The van der Waals surface area contributed by atoms with Crippen LogP contribution in [0.3, 0.4) is 0 Å². The largest absolute Gasteiger partial charge is 0.340 e. The predicted octanol–water partition coefficient (Wildman–Crippen LogP) is 1.04. The molecular weight excluding hydrogens is 204 g/mol. The summed E-state index contributed by atoms with van der Waals surface area (Å²) in [5, 5.41) is 6.37. The Morgan fingerprint density at radius 2 is 2.06 bits per heavy atom. The number of aromatic nitrogens is 4. The topological polar surface area (TPSA) is 74.4 Å². The van der Waals surface area contributed by atoms with Gasteiger partial charge in [0.05, 0.1) is 5.69 Å². The van der Waals surface area contributed by atoms with Gasteiger partial charge < -0.3 is 4.98 Å². The third-order valence-corrected chi connectivity index (χ3v) is 2.88. The molecular formula is C11H12N4O. The second kappa shape index (κ2) is 3.59. The van der Waals surface area contributed by atoms with Gasteiger partial charge in [0.2, 0.25) is 0 Å². The number of fused-ring (bicyclic) bond motifs is 1. The molecule has 0 saturated carbocycles. The second-order valence-electron chi connectivity index (χ2n) is 4.02. The van der Waals surface area contributed by atoms with Crippen molar-refractivity contribution in [1.29, 1.82) is 0 Å². The van der Waals surface area contributed by atoms with Crippen molar-refractivity contribution in [3.8, 4) is 11.5 Å². The fourth-order valence-corrected chi connectivity index (χ4v) is 2.05. The Balaban J connectivity index is 2.03. The number of hydrogen-bond acceptors (Lipinski definition) is 3. The average molecular weight is 216 g/mol. The van der Waals surface area contributed by atoms with E-state index < -0.39 is 0 Å². The lowest BCUT2D eigenvalue weighted by Crippen LogP contribution is -2.05. The average Bonchev–Trinajstić information content (AvgIpc) is 2.73. The molecule has 1 aliphatic carbocycles. The summed E-state index contributed by atoms with van der Waals surface area (Å²) >= 11 is 0. The first kappa shape index (κ1) is 9.33. The van der Waals surface area contributed by atoms with E-state index in [-0.39, 0.29) is 5.56 Å². The highest BCUT2D eigenvalue weighted by molar-refractivity contribution is 5.49. The molecule has 0 bridgehead atoms. The fourth-order valence-electron chi connectivity index (χ4n) is 2.05. The maximum absolute atomic E-state index is 10.9. The van der Waals surface area contributed by atoms with Gasteiger partial charge in [-0.25, -0.2) is 10.1 Å². The Labute approximate surface area is 91.9 Å². The number of nitrogens with one attached hydrogen (secondary N) is 2. The van der Waals surface area contributed by atoms with Crippen LogP contribution in [0.2, 0.25) is 0 Å². The van der Waals surface area contributed by atoms with Gasteiger partial charge in [-0.2, -0.15) is 5.10 Å². The number of nitrogens with zero attached hydrogens (tertiary/aromatic N) is 2. The van der Waals surface area contributed by atoms with E-state index >= 15 is 0 Å². The van der Waals surface area contributed by atoms with Crippen molar-refractivity contribution in [2.75, 3.05) is 0 Å². The van der Waals surface area contributed by atoms with Crippen LogP contribution < -0.4 is 5.56 Å². The summed E-state index contributed by atoms with van der Waals surface area (Å²) in [6.07, 6.45) is 4.52. The zero-order chi connectivity index (χ0) is 11.0. The maximum atomic E-state index is 10.9. The molecule has 3 rings (SSSR count). The minimum absolute atomic E-state index is 0.194. The van der Waals surface area contributed by atoms with Crippen molar-refractivity contribution in [2.24, 2.45) is 0 Å². The summed E-state index contributed by atoms with van der Waals surface area (Å²) in [6, 6.07) is 3.15. The Kier molecular flexibility index (Phi) is 2.09. The normalized spacial score (nSPS) is 14.8. The first-order valence-electron chi connectivity index (χ1n) is 5.47. The first-order chi connectivity index (χ1) is 7.83. The number of aryl methyl sites for hydroxylation is 2. The van der Waals surface area contributed by atoms with Crippen molar-refractivity contribution in [1.82, 2.24) is 20.2 Å². The monoisotopic (exact) mass is 216 g/mol. The minimum Gasteiger partial charge on any atom is -0.340 e. The lowest BCUT2D eigenvalue weighted by molar-refractivity contribution is 0.667. The van der Waals surface area contributed by atoms with Crippen LogP contribution in [0, 0.1) is 0 Å². The van der Waals surface area contributed by atoms with Crippen molar-refractivity contribution < 1.29 is 0 Å². The van der Waals surface area contributed by atoms with Gasteiger partial charge in [0.15, 0.2) is 5.82 Å². The van der Waals surface area contributed by atoms with Crippen molar-refractivity contribution >= 4 is 0 Å². The quantitative estimate of drug-likeness (QED) is 0.747. The summed E-state index contributed by atoms with van der Waals surface area (Å²) in [5.41, 5.74) is 2.86. The summed E-state index contributed by atoms with van der Waals surface area (Å²) in [7, 11) is 0. The van der Waals surface area contributed by atoms with Gasteiger partial charge in [-0.3, -0.25) is 4.79 Å².